The van der Waals surface area contributed by atoms with Crippen LogP contribution in [0, 0.1) is 11.8 Å². The van der Waals surface area contributed by atoms with Gasteiger partial charge in [-0.2, -0.15) is 0 Å². The monoisotopic (exact) mass is 266 g/mol. The van der Waals surface area contributed by atoms with E-state index >= 15 is 0 Å². The quantitative estimate of drug-likeness (QED) is 0.848. The van der Waals surface area contributed by atoms with Crippen molar-refractivity contribution in [3.63, 3.8) is 0 Å². The van der Waals surface area contributed by atoms with Crippen LogP contribution in [-0.2, 0) is 4.79 Å². The molecule has 0 radical (unpaired) electrons. The average molecular weight is 266 g/mol. The maximum absolute atomic E-state index is 12.4. The fraction of sp³-hybridized carbons (Fsp3) is 0.938. The van der Waals surface area contributed by atoms with E-state index in [1.54, 1.807) is 0 Å². The molecule has 0 saturated carbocycles. The van der Waals surface area contributed by atoms with Crippen LogP contribution < -0.4 is 5.32 Å². The molecule has 2 fully saturated rings. The standard InChI is InChI=1S/C16H30N2O/c1-2-5-14-7-4-10-18(11-8-14)16(19)12-15-6-3-9-17-13-15/h14-15,17H,2-13H2,1H3. The molecule has 2 saturated heterocycles. The van der Waals surface area contributed by atoms with Gasteiger partial charge in [0.15, 0.2) is 0 Å². The van der Waals surface area contributed by atoms with Gasteiger partial charge in [-0.3, -0.25) is 4.79 Å². The van der Waals surface area contributed by atoms with Gasteiger partial charge >= 0.3 is 0 Å². The van der Waals surface area contributed by atoms with Gasteiger partial charge in [0.2, 0.25) is 5.91 Å². The molecule has 19 heavy (non-hydrogen) atoms. The molecule has 0 aliphatic carbocycles. The Hall–Kier alpha value is -0.570. The topological polar surface area (TPSA) is 32.3 Å². The zero-order valence-electron chi connectivity index (χ0n) is 12.5. The lowest BCUT2D eigenvalue weighted by Crippen LogP contribution is -2.37. The maximum atomic E-state index is 12.4. The normalized spacial score (nSPS) is 29.0. The average Bonchev–Trinajstić information content (AvgIpc) is 2.66. The SMILES string of the molecule is CCCC1CCCN(C(=O)CC2CCCNC2)CC1. The molecule has 0 spiro atoms. The van der Waals surface area contributed by atoms with Crippen molar-refractivity contribution < 1.29 is 4.79 Å². The van der Waals surface area contributed by atoms with Gasteiger partial charge in [-0.1, -0.05) is 19.8 Å². The van der Waals surface area contributed by atoms with Crippen molar-refractivity contribution in [3.05, 3.63) is 0 Å². The van der Waals surface area contributed by atoms with E-state index in [1.807, 2.05) is 0 Å². The van der Waals surface area contributed by atoms with Crippen molar-refractivity contribution in [1.29, 1.82) is 0 Å². The highest BCUT2D eigenvalue weighted by Crippen LogP contribution is 2.23. The van der Waals surface area contributed by atoms with Crippen LogP contribution in [0.4, 0.5) is 0 Å². The van der Waals surface area contributed by atoms with E-state index in [-0.39, 0.29) is 0 Å². The molecule has 2 aliphatic rings. The first-order valence-corrected chi connectivity index (χ1v) is 8.28. The summed E-state index contributed by atoms with van der Waals surface area (Å²) in [5.74, 6) is 1.85. The van der Waals surface area contributed by atoms with E-state index in [4.69, 9.17) is 0 Å². The molecule has 2 unspecified atom stereocenters. The number of carbonyl (C=O) groups is 1. The van der Waals surface area contributed by atoms with Crippen LogP contribution in [0.15, 0.2) is 0 Å². The minimum absolute atomic E-state index is 0.408. The number of piperidine rings is 1. The molecular weight excluding hydrogens is 236 g/mol. The highest BCUT2D eigenvalue weighted by Gasteiger charge is 2.23. The number of likely N-dealkylation sites (tertiary alicyclic amines) is 1. The lowest BCUT2D eigenvalue weighted by atomic mass is 9.95. The largest absolute Gasteiger partial charge is 0.343 e. The van der Waals surface area contributed by atoms with E-state index < -0.39 is 0 Å². The second kappa shape index (κ2) is 7.88. The van der Waals surface area contributed by atoms with Gasteiger partial charge < -0.3 is 10.2 Å². The molecule has 0 aromatic rings. The summed E-state index contributed by atoms with van der Waals surface area (Å²) in [6, 6.07) is 0. The molecule has 110 valence electrons. The lowest BCUT2D eigenvalue weighted by molar-refractivity contribution is -0.132. The van der Waals surface area contributed by atoms with Crippen LogP contribution in [-0.4, -0.2) is 37.0 Å². The zero-order chi connectivity index (χ0) is 13.5. The molecule has 1 N–H and O–H groups in total. The van der Waals surface area contributed by atoms with E-state index in [0.717, 1.165) is 38.5 Å². The molecule has 2 rings (SSSR count). The second-order valence-corrected chi connectivity index (χ2v) is 6.38. The van der Waals surface area contributed by atoms with Crippen molar-refractivity contribution in [2.45, 2.75) is 58.3 Å². The maximum Gasteiger partial charge on any atom is 0.222 e. The fourth-order valence-corrected chi connectivity index (χ4v) is 3.59. The number of amides is 1. The van der Waals surface area contributed by atoms with Crippen LogP contribution in [0.5, 0.6) is 0 Å². The minimum Gasteiger partial charge on any atom is -0.343 e. The Balaban J connectivity index is 1.75. The van der Waals surface area contributed by atoms with Crippen molar-refractivity contribution in [3.8, 4) is 0 Å². The summed E-state index contributed by atoms with van der Waals surface area (Å²) >= 11 is 0. The molecule has 0 aromatic heterocycles. The second-order valence-electron chi connectivity index (χ2n) is 6.38. The number of hydrogen-bond acceptors (Lipinski definition) is 2. The van der Waals surface area contributed by atoms with Gasteiger partial charge in [0, 0.05) is 19.5 Å². The number of carbonyl (C=O) groups excluding carboxylic acids is 1. The molecule has 2 heterocycles. The molecule has 1 amide bonds. The molecule has 0 bridgehead atoms. The van der Waals surface area contributed by atoms with Crippen LogP contribution in [0.25, 0.3) is 0 Å². The van der Waals surface area contributed by atoms with Gasteiger partial charge in [0.05, 0.1) is 0 Å². The van der Waals surface area contributed by atoms with E-state index in [0.29, 0.717) is 11.8 Å². The minimum atomic E-state index is 0.408. The third-order valence-corrected chi connectivity index (χ3v) is 4.76. The van der Waals surface area contributed by atoms with E-state index in [2.05, 4.69) is 17.1 Å². The summed E-state index contributed by atoms with van der Waals surface area (Å²) in [6.07, 6.45) is 9.61. The van der Waals surface area contributed by atoms with Gasteiger partial charge in [-0.15, -0.1) is 0 Å². The van der Waals surface area contributed by atoms with Gasteiger partial charge in [-0.25, -0.2) is 0 Å². The van der Waals surface area contributed by atoms with Crippen LogP contribution in [0.1, 0.15) is 58.3 Å². The first-order chi connectivity index (χ1) is 9.29. The first kappa shape index (κ1) is 14.8. The lowest BCUT2D eigenvalue weighted by Gasteiger charge is -2.26. The number of nitrogens with one attached hydrogen (secondary N) is 1. The predicted molar refractivity (Wildman–Crippen MR) is 79.0 cm³/mol. The highest BCUT2D eigenvalue weighted by atomic mass is 16.2. The molecule has 2 aliphatic heterocycles. The van der Waals surface area contributed by atoms with E-state index in [9.17, 15) is 4.79 Å². The molecule has 3 nitrogen and oxygen atoms in total. The fourth-order valence-electron chi connectivity index (χ4n) is 3.59. The predicted octanol–water partition coefficient (Wildman–Crippen LogP) is 2.80. The summed E-state index contributed by atoms with van der Waals surface area (Å²) in [5.41, 5.74) is 0. The Bertz CT molecular complexity index is 274. The third-order valence-electron chi connectivity index (χ3n) is 4.76. The van der Waals surface area contributed by atoms with Crippen molar-refractivity contribution in [1.82, 2.24) is 10.2 Å². The van der Waals surface area contributed by atoms with Crippen molar-refractivity contribution in [2.75, 3.05) is 26.2 Å². The summed E-state index contributed by atoms with van der Waals surface area (Å²) in [7, 11) is 0. The molecule has 0 aromatic carbocycles. The van der Waals surface area contributed by atoms with Gasteiger partial charge in [0.25, 0.3) is 0 Å². The third kappa shape index (κ3) is 4.79. The zero-order valence-corrected chi connectivity index (χ0v) is 12.5. The van der Waals surface area contributed by atoms with Gasteiger partial charge in [-0.05, 0) is 57.0 Å². The smallest absolute Gasteiger partial charge is 0.222 e. The number of rotatable bonds is 4. The van der Waals surface area contributed by atoms with Crippen molar-refractivity contribution >= 4 is 5.91 Å². The summed E-state index contributed by atoms with van der Waals surface area (Å²) in [6.45, 7) is 6.44. The van der Waals surface area contributed by atoms with Crippen LogP contribution in [0.2, 0.25) is 0 Å². The van der Waals surface area contributed by atoms with Crippen molar-refractivity contribution in [2.24, 2.45) is 11.8 Å². The Morgan fingerprint density at radius 3 is 2.74 bits per heavy atom. The molecule has 3 heteroatoms. The number of hydrogen-bond donors (Lipinski definition) is 1. The first-order valence-electron chi connectivity index (χ1n) is 8.28. The van der Waals surface area contributed by atoms with Gasteiger partial charge in [0.1, 0.15) is 0 Å². The Labute approximate surface area is 118 Å². The van der Waals surface area contributed by atoms with E-state index in [1.165, 1.54) is 44.9 Å². The number of nitrogens with zero attached hydrogens (tertiary/aromatic N) is 1. The summed E-state index contributed by atoms with van der Waals surface area (Å²) in [5, 5.41) is 3.41. The highest BCUT2D eigenvalue weighted by molar-refractivity contribution is 5.76. The Kier molecular flexibility index (Phi) is 6.15. The Morgan fingerprint density at radius 2 is 2.00 bits per heavy atom. The van der Waals surface area contributed by atoms with Crippen LogP contribution >= 0.6 is 0 Å². The molecule has 2 atom stereocenters. The Morgan fingerprint density at radius 1 is 1.16 bits per heavy atom. The van der Waals surface area contributed by atoms with Crippen LogP contribution in [0.3, 0.4) is 0 Å². The summed E-state index contributed by atoms with van der Waals surface area (Å²) in [4.78, 5) is 14.5. The molecular formula is C16H30N2O. The summed E-state index contributed by atoms with van der Waals surface area (Å²) < 4.78 is 0.